The zero-order valence-corrected chi connectivity index (χ0v) is 7.69. The molecule has 0 saturated carbocycles. The van der Waals surface area contributed by atoms with E-state index < -0.39 is 0 Å². The maximum Gasteiger partial charge on any atom is -0.0133 e. The molecule has 0 N–H and O–H groups in total. The standard InChI is InChI=1S/C11H18/c1-3-4-5-8-11-9-6-7-10(11)2/h6,9H,3-5,7-8H2,1-2H3. The fraction of sp³-hybridized carbons (Fsp3) is 0.636. The van der Waals surface area contributed by atoms with E-state index in [0.717, 1.165) is 0 Å². The van der Waals surface area contributed by atoms with Gasteiger partial charge >= 0.3 is 0 Å². The highest BCUT2D eigenvalue weighted by atomic mass is 14.1. The average molecular weight is 150 g/mol. The minimum absolute atomic E-state index is 1.20. The van der Waals surface area contributed by atoms with E-state index in [-0.39, 0.29) is 0 Å². The molecule has 0 aromatic carbocycles. The summed E-state index contributed by atoms with van der Waals surface area (Å²) in [6.45, 7) is 4.51. The highest BCUT2D eigenvalue weighted by molar-refractivity contribution is 5.32. The highest BCUT2D eigenvalue weighted by Crippen LogP contribution is 2.22. The van der Waals surface area contributed by atoms with Crippen LogP contribution < -0.4 is 0 Å². The first-order valence-electron chi connectivity index (χ1n) is 4.69. The van der Waals surface area contributed by atoms with Crippen LogP contribution >= 0.6 is 0 Å². The van der Waals surface area contributed by atoms with Crippen molar-refractivity contribution in [3.63, 3.8) is 0 Å². The second-order valence-corrected chi connectivity index (χ2v) is 3.37. The Bertz CT molecular complexity index is 172. The van der Waals surface area contributed by atoms with Crippen LogP contribution in [0.15, 0.2) is 23.3 Å². The number of hydrogen-bond donors (Lipinski definition) is 0. The molecule has 0 aromatic rings. The Labute approximate surface area is 70.0 Å². The molecule has 62 valence electrons. The summed E-state index contributed by atoms with van der Waals surface area (Å²) in [5.41, 5.74) is 3.18. The SMILES string of the molecule is CCCCCC1=C(C)CC=C1. The van der Waals surface area contributed by atoms with Gasteiger partial charge in [-0.1, -0.05) is 37.5 Å². The Kier molecular flexibility index (Phi) is 3.41. The van der Waals surface area contributed by atoms with E-state index in [9.17, 15) is 0 Å². The summed E-state index contributed by atoms with van der Waals surface area (Å²) in [5.74, 6) is 0. The molecule has 0 amide bonds. The Hall–Kier alpha value is -0.520. The molecule has 0 radical (unpaired) electrons. The van der Waals surface area contributed by atoms with Gasteiger partial charge in [0.05, 0.1) is 0 Å². The molecule has 0 saturated heterocycles. The van der Waals surface area contributed by atoms with Gasteiger partial charge in [-0.05, 0) is 31.8 Å². The summed E-state index contributed by atoms with van der Waals surface area (Å²) in [4.78, 5) is 0. The Morgan fingerprint density at radius 3 is 2.73 bits per heavy atom. The first-order chi connectivity index (χ1) is 5.34. The van der Waals surface area contributed by atoms with Crippen molar-refractivity contribution in [3.8, 4) is 0 Å². The minimum atomic E-state index is 1.20. The van der Waals surface area contributed by atoms with Crippen molar-refractivity contribution in [3.05, 3.63) is 23.3 Å². The quantitative estimate of drug-likeness (QED) is 0.534. The third-order valence-electron chi connectivity index (χ3n) is 2.34. The monoisotopic (exact) mass is 150 g/mol. The first kappa shape index (κ1) is 8.58. The fourth-order valence-electron chi connectivity index (χ4n) is 1.51. The lowest BCUT2D eigenvalue weighted by molar-refractivity contribution is 0.717. The second kappa shape index (κ2) is 4.38. The van der Waals surface area contributed by atoms with Crippen molar-refractivity contribution >= 4 is 0 Å². The van der Waals surface area contributed by atoms with E-state index in [2.05, 4.69) is 26.0 Å². The number of rotatable bonds is 4. The third kappa shape index (κ3) is 2.53. The lowest BCUT2D eigenvalue weighted by Gasteiger charge is -2.00. The molecular weight excluding hydrogens is 132 g/mol. The third-order valence-corrected chi connectivity index (χ3v) is 2.34. The fourth-order valence-corrected chi connectivity index (χ4v) is 1.51. The van der Waals surface area contributed by atoms with Gasteiger partial charge in [0.15, 0.2) is 0 Å². The number of hydrogen-bond acceptors (Lipinski definition) is 0. The molecule has 11 heavy (non-hydrogen) atoms. The van der Waals surface area contributed by atoms with Crippen LogP contribution in [0.4, 0.5) is 0 Å². The van der Waals surface area contributed by atoms with E-state index >= 15 is 0 Å². The van der Waals surface area contributed by atoms with E-state index in [1.54, 1.807) is 11.1 Å². The summed E-state index contributed by atoms with van der Waals surface area (Å²) in [6, 6.07) is 0. The molecular formula is C11H18. The predicted octanol–water partition coefficient (Wildman–Crippen LogP) is 3.84. The van der Waals surface area contributed by atoms with Gasteiger partial charge < -0.3 is 0 Å². The summed E-state index contributed by atoms with van der Waals surface area (Å²) in [7, 11) is 0. The van der Waals surface area contributed by atoms with Gasteiger partial charge in [0.25, 0.3) is 0 Å². The first-order valence-corrected chi connectivity index (χ1v) is 4.69. The molecule has 1 rings (SSSR count). The molecule has 0 spiro atoms. The summed E-state index contributed by atoms with van der Waals surface area (Å²) >= 11 is 0. The van der Waals surface area contributed by atoms with E-state index in [1.807, 2.05) is 0 Å². The van der Waals surface area contributed by atoms with Crippen molar-refractivity contribution in [2.75, 3.05) is 0 Å². The molecule has 0 atom stereocenters. The van der Waals surface area contributed by atoms with Crippen LogP contribution in [-0.4, -0.2) is 0 Å². The van der Waals surface area contributed by atoms with Gasteiger partial charge in [-0.15, -0.1) is 0 Å². The lowest BCUT2D eigenvalue weighted by atomic mass is 10.1. The van der Waals surface area contributed by atoms with Gasteiger partial charge in [0.1, 0.15) is 0 Å². The Morgan fingerprint density at radius 2 is 2.18 bits per heavy atom. The van der Waals surface area contributed by atoms with Gasteiger partial charge in [-0.2, -0.15) is 0 Å². The van der Waals surface area contributed by atoms with Gasteiger partial charge in [0, 0.05) is 0 Å². The van der Waals surface area contributed by atoms with Gasteiger partial charge in [-0.25, -0.2) is 0 Å². The summed E-state index contributed by atoms with van der Waals surface area (Å²) in [5, 5.41) is 0. The van der Waals surface area contributed by atoms with Crippen LogP contribution in [0.5, 0.6) is 0 Å². The second-order valence-electron chi connectivity index (χ2n) is 3.37. The predicted molar refractivity (Wildman–Crippen MR) is 50.6 cm³/mol. The van der Waals surface area contributed by atoms with Gasteiger partial charge in [-0.3, -0.25) is 0 Å². The normalized spacial score (nSPS) is 16.5. The maximum absolute atomic E-state index is 2.30. The zero-order valence-electron chi connectivity index (χ0n) is 7.69. The van der Waals surface area contributed by atoms with Crippen molar-refractivity contribution in [2.45, 2.75) is 46.0 Å². The minimum Gasteiger partial charge on any atom is -0.0802 e. The van der Waals surface area contributed by atoms with Crippen molar-refractivity contribution < 1.29 is 0 Å². The molecule has 1 aliphatic rings. The van der Waals surface area contributed by atoms with Crippen LogP contribution in [0.1, 0.15) is 46.0 Å². The lowest BCUT2D eigenvalue weighted by Crippen LogP contribution is -1.81. The topological polar surface area (TPSA) is 0 Å². The van der Waals surface area contributed by atoms with Crippen LogP contribution in [0.2, 0.25) is 0 Å². The van der Waals surface area contributed by atoms with E-state index in [4.69, 9.17) is 0 Å². The van der Waals surface area contributed by atoms with Crippen molar-refractivity contribution in [1.82, 2.24) is 0 Å². The Balaban J connectivity index is 2.25. The summed E-state index contributed by atoms with van der Waals surface area (Å²) in [6.07, 6.45) is 11.1. The molecule has 0 heteroatoms. The van der Waals surface area contributed by atoms with E-state index in [0.29, 0.717) is 0 Å². The zero-order chi connectivity index (χ0) is 8.10. The molecule has 0 unspecified atom stereocenters. The van der Waals surface area contributed by atoms with Crippen molar-refractivity contribution in [1.29, 1.82) is 0 Å². The van der Waals surface area contributed by atoms with Crippen LogP contribution in [-0.2, 0) is 0 Å². The molecule has 0 nitrogen and oxygen atoms in total. The molecule has 1 aliphatic carbocycles. The maximum atomic E-state index is 2.30. The average Bonchev–Trinajstić information content (AvgIpc) is 2.37. The number of allylic oxidation sites excluding steroid dienone is 4. The molecule has 0 bridgehead atoms. The Morgan fingerprint density at radius 1 is 1.36 bits per heavy atom. The van der Waals surface area contributed by atoms with Crippen LogP contribution in [0, 0.1) is 0 Å². The molecule has 0 fully saturated rings. The van der Waals surface area contributed by atoms with Gasteiger partial charge in [0.2, 0.25) is 0 Å². The van der Waals surface area contributed by atoms with E-state index in [1.165, 1.54) is 32.1 Å². The molecule has 0 heterocycles. The van der Waals surface area contributed by atoms with Crippen molar-refractivity contribution in [2.24, 2.45) is 0 Å². The largest absolute Gasteiger partial charge is 0.0802 e. The summed E-state index contributed by atoms with van der Waals surface area (Å²) < 4.78 is 0. The highest BCUT2D eigenvalue weighted by Gasteiger charge is 2.02. The molecule has 0 aliphatic heterocycles. The van der Waals surface area contributed by atoms with Crippen LogP contribution in [0.25, 0.3) is 0 Å². The number of unbranched alkanes of at least 4 members (excludes halogenated alkanes) is 2. The molecule has 0 aromatic heterocycles. The van der Waals surface area contributed by atoms with Crippen LogP contribution in [0.3, 0.4) is 0 Å². The smallest absolute Gasteiger partial charge is 0.0133 e.